The maximum absolute atomic E-state index is 12.2. The second kappa shape index (κ2) is 8.50. The van der Waals surface area contributed by atoms with Gasteiger partial charge in [0, 0.05) is 5.56 Å². The molecule has 0 saturated heterocycles. The fourth-order valence-electron chi connectivity index (χ4n) is 2.45. The number of hydrogen-bond acceptors (Lipinski definition) is 5. The summed E-state index contributed by atoms with van der Waals surface area (Å²) in [6.07, 6.45) is 0. The summed E-state index contributed by atoms with van der Waals surface area (Å²) in [5, 5.41) is 4.94. The van der Waals surface area contributed by atoms with E-state index in [1.54, 1.807) is 25.7 Å². The molecule has 4 N–H and O–H groups in total. The molecule has 0 radical (unpaired) electrons. The third-order valence-electron chi connectivity index (χ3n) is 3.60. The maximum atomic E-state index is 12.2. The van der Waals surface area contributed by atoms with Crippen molar-refractivity contribution < 1.29 is 24.0 Å². The highest BCUT2D eigenvalue weighted by Crippen LogP contribution is 2.27. The van der Waals surface area contributed by atoms with E-state index in [9.17, 15) is 9.59 Å². The van der Waals surface area contributed by atoms with Crippen LogP contribution in [-0.4, -0.2) is 39.6 Å². The number of nitrogens with two attached hydrogens (primary N) is 1. The van der Waals surface area contributed by atoms with Crippen LogP contribution in [0.3, 0.4) is 0 Å². The van der Waals surface area contributed by atoms with Crippen molar-refractivity contribution in [3.05, 3.63) is 40.8 Å². The summed E-state index contributed by atoms with van der Waals surface area (Å²) >= 11 is 1.27. The molecular weight excluding hydrogens is 342 g/mol. The summed E-state index contributed by atoms with van der Waals surface area (Å²) in [4.78, 5) is 24.5. The van der Waals surface area contributed by atoms with Crippen molar-refractivity contribution in [3.63, 3.8) is 0 Å². The van der Waals surface area contributed by atoms with Gasteiger partial charge in [0.25, 0.3) is 11.8 Å². The molecule has 0 aliphatic carbocycles. The molecular formula is C17H22N3O4S+. The van der Waals surface area contributed by atoms with Gasteiger partial charge in [-0.1, -0.05) is 0 Å². The largest absolute Gasteiger partial charge is 0.493 e. The first-order valence-corrected chi connectivity index (χ1v) is 8.52. The summed E-state index contributed by atoms with van der Waals surface area (Å²) in [6.45, 7) is 0.894. The maximum Gasteiger partial charge on any atom is 0.280 e. The Morgan fingerprint density at radius 1 is 1.20 bits per heavy atom. The standard InChI is InChI=1S/C17H21N3O4S/c1-20(9-11-4-5-13(23-2)14(8-11)24-3)10-15(21)19-17-12(16(18)22)6-7-25-17/h4-8H,9-10H2,1-3H3,(H2,18,22)(H,19,21)/p+1. The molecule has 0 bridgehead atoms. The van der Waals surface area contributed by atoms with E-state index < -0.39 is 5.91 Å². The number of rotatable bonds is 8. The molecule has 7 nitrogen and oxygen atoms in total. The highest BCUT2D eigenvalue weighted by Gasteiger charge is 2.16. The fraction of sp³-hybridized carbons (Fsp3) is 0.294. The monoisotopic (exact) mass is 364 g/mol. The van der Waals surface area contributed by atoms with E-state index in [4.69, 9.17) is 15.2 Å². The third-order valence-corrected chi connectivity index (χ3v) is 4.43. The van der Waals surface area contributed by atoms with Crippen LogP contribution in [0.5, 0.6) is 11.5 Å². The lowest BCUT2D eigenvalue weighted by atomic mass is 10.2. The number of nitrogens with one attached hydrogen (secondary N) is 2. The number of carbonyl (C=O) groups excluding carboxylic acids is 2. The molecule has 1 unspecified atom stereocenters. The minimum atomic E-state index is -0.553. The van der Waals surface area contributed by atoms with Crippen LogP contribution in [-0.2, 0) is 11.3 Å². The van der Waals surface area contributed by atoms with Crippen LogP contribution in [0, 0.1) is 0 Å². The highest BCUT2D eigenvalue weighted by atomic mass is 32.1. The lowest BCUT2D eigenvalue weighted by Crippen LogP contribution is -3.08. The molecule has 1 atom stereocenters. The van der Waals surface area contributed by atoms with Crippen LogP contribution in [0.4, 0.5) is 5.00 Å². The summed E-state index contributed by atoms with van der Waals surface area (Å²) in [7, 11) is 5.09. The Morgan fingerprint density at radius 2 is 1.92 bits per heavy atom. The molecule has 0 fully saturated rings. The van der Waals surface area contributed by atoms with Crippen molar-refractivity contribution in [2.45, 2.75) is 6.54 Å². The van der Waals surface area contributed by atoms with Gasteiger partial charge >= 0.3 is 0 Å². The summed E-state index contributed by atoms with van der Waals surface area (Å²) < 4.78 is 10.5. The first kappa shape index (κ1) is 18.8. The minimum Gasteiger partial charge on any atom is -0.493 e. The molecule has 134 valence electrons. The van der Waals surface area contributed by atoms with E-state index in [1.807, 2.05) is 25.2 Å². The van der Waals surface area contributed by atoms with Crippen molar-refractivity contribution in [3.8, 4) is 11.5 Å². The van der Waals surface area contributed by atoms with Crippen molar-refractivity contribution in [2.75, 3.05) is 33.1 Å². The normalized spacial score (nSPS) is 11.6. The molecule has 25 heavy (non-hydrogen) atoms. The quantitative estimate of drug-likeness (QED) is 0.636. The number of benzene rings is 1. The number of ether oxygens (including phenoxy) is 2. The number of hydrogen-bond donors (Lipinski definition) is 3. The van der Waals surface area contributed by atoms with Gasteiger partial charge < -0.3 is 25.4 Å². The lowest BCUT2D eigenvalue weighted by molar-refractivity contribution is -0.885. The first-order chi connectivity index (χ1) is 11.9. The Bertz CT molecular complexity index is 760. The van der Waals surface area contributed by atoms with Gasteiger partial charge in [-0.3, -0.25) is 9.59 Å². The van der Waals surface area contributed by atoms with Gasteiger partial charge in [0.15, 0.2) is 18.0 Å². The predicted octanol–water partition coefficient (Wildman–Crippen LogP) is 0.518. The summed E-state index contributed by atoms with van der Waals surface area (Å²) in [6, 6.07) is 7.27. The predicted molar refractivity (Wildman–Crippen MR) is 96.5 cm³/mol. The molecule has 1 aromatic heterocycles. The molecule has 0 aliphatic heterocycles. The Morgan fingerprint density at radius 3 is 2.56 bits per heavy atom. The van der Waals surface area contributed by atoms with Crippen molar-refractivity contribution >= 4 is 28.2 Å². The molecule has 8 heteroatoms. The van der Waals surface area contributed by atoms with Crippen LogP contribution < -0.4 is 25.4 Å². The molecule has 0 spiro atoms. The smallest absolute Gasteiger partial charge is 0.280 e. The van der Waals surface area contributed by atoms with Crippen LogP contribution in [0.2, 0.25) is 0 Å². The Kier molecular flexibility index (Phi) is 6.37. The highest BCUT2D eigenvalue weighted by molar-refractivity contribution is 7.14. The number of amides is 2. The number of quaternary nitrogens is 1. The average molecular weight is 364 g/mol. The van der Waals surface area contributed by atoms with Crippen molar-refractivity contribution in [1.82, 2.24) is 0 Å². The number of methoxy groups -OCH3 is 2. The Balaban J connectivity index is 1.95. The van der Waals surface area contributed by atoms with Gasteiger partial charge in [-0.25, -0.2) is 0 Å². The summed E-state index contributed by atoms with van der Waals surface area (Å²) in [5.41, 5.74) is 6.63. The van der Waals surface area contributed by atoms with E-state index in [0.717, 1.165) is 10.5 Å². The summed E-state index contributed by atoms with van der Waals surface area (Å²) in [5.74, 6) is 0.589. The molecule has 2 amide bonds. The first-order valence-electron chi connectivity index (χ1n) is 7.64. The Labute approximate surface area is 150 Å². The zero-order valence-corrected chi connectivity index (χ0v) is 15.2. The van der Waals surface area contributed by atoms with Gasteiger partial charge in [-0.15, -0.1) is 11.3 Å². The van der Waals surface area contributed by atoms with Gasteiger partial charge in [0.2, 0.25) is 0 Å². The Hall–Kier alpha value is -2.58. The SMILES string of the molecule is COc1ccc(C[NH+](C)CC(=O)Nc2sccc2C(N)=O)cc1OC. The van der Waals surface area contributed by atoms with E-state index in [1.165, 1.54) is 11.3 Å². The number of thiophene rings is 1. The number of carbonyl (C=O) groups is 2. The van der Waals surface area contributed by atoms with E-state index >= 15 is 0 Å². The molecule has 0 aliphatic rings. The van der Waals surface area contributed by atoms with Crippen LogP contribution in [0.25, 0.3) is 0 Å². The third kappa shape index (κ3) is 4.94. The van der Waals surface area contributed by atoms with Gasteiger partial charge in [-0.2, -0.15) is 0 Å². The molecule has 2 aromatic rings. The topological polar surface area (TPSA) is 95.1 Å². The molecule has 2 rings (SSSR count). The number of primary amides is 1. The van der Waals surface area contributed by atoms with Crippen molar-refractivity contribution in [1.29, 1.82) is 0 Å². The van der Waals surface area contributed by atoms with Crippen LogP contribution in [0.15, 0.2) is 29.6 Å². The van der Waals surface area contributed by atoms with Crippen LogP contribution in [0.1, 0.15) is 15.9 Å². The van der Waals surface area contributed by atoms with E-state index in [2.05, 4.69) is 5.32 Å². The molecule has 0 saturated carbocycles. The van der Waals surface area contributed by atoms with Crippen molar-refractivity contribution in [2.24, 2.45) is 5.73 Å². The zero-order valence-electron chi connectivity index (χ0n) is 14.4. The lowest BCUT2D eigenvalue weighted by Gasteiger charge is -2.15. The second-order valence-electron chi connectivity index (χ2n) is 5.58. The molecule has 1 aromatic carbocycles. The van der Waals surface area contributed by atoms with Gasteiger partial charge in [-0.05, 0) is 29.6 Å². The number of likely N-dealkylation sites (N-methyl/N-ethyl adjacent to an activating group) is 1. The minimum absolute atomic E-state index is 0.178. The van der Waals surface area contributed by atoms with Gasteiger partial charge in [0.05, 0.1) is 26.8 Å². The zero-order chi connectivity index (χ0) is 18.4. The number of anilines is 1. The second-order valence-corrected chi connectivity index (χ2v) is 6.49. The van der Waals surface area contributed by atoms with E-state index in [0.29, 0.717) is 28.6 Å². The van der Waals surface area contributed by atoms with E-state index in [-0.39, 0.29) is 12.5 Å². The average Bonchev–Trinajstić information content (AvgIpc) is 3.02. The fourth-order valence-corrected chi connectivity index (χ4v) is 3.26. The van der Waals surface area contributed by atoms with Crippen LogP contribution >= 0.6 is 11.3 Å². The molecule has 1 heterocycles. The van der Waals surface area contributed by atoms with Gasteiger partial charge in [0.1, 0.15) is 11.5 Å².